The van der Waals surface area contributed by atoms with Crippen LogP contribution in [0.5, 0.6) is 0 Å². The van der Waals surface area contributed by atoms with Crippen LogP contribution in [0.25, 0.3) is 33.6 Å². The van der Waals surface area contributed by atoms with E-state index in [9.17, 15) is 28.0 Å². The fourth-order valence-corrected chi connectivity index (χ4v) is 10.9. The lowest BCUT2D eigenvalue weighted by atomic mass is 9.81. The number of hydrogen-bond donors (Lipinski definition) is 4. The number of alkyl halides is 2. The van der Waals surface area contributed by atoms with E-state index < -0.39 is 36.1 Å². The fourth-order valence-electron chi connectivity index (χ4n) is 10.9. The molecule has 64 heavy (non-hydrogen) atoms. The molecule has 4 amide bonds. The molecule has 2 aromatic carbocycles. The number of aromatic amines is 2. The van der Waals surface area contributed by atoms with Crippen LogP contribution in [-0.2, 0) is 23.8 Å². The van der Waals surface area contributed by atoms with E-state index in [1.54, 1.807) is 6.20 Å². The van der Waals surface area contributed by atoms with Crippen molar-refractivity contribution in [3.63, 3.8) is 0 Å². The second-order valence-corrected chi connectivity index (χ2v) is 18.5. The normalized spacial score (nSPS) is 26.9. The van der Waals surface area contributed by atoms with Crippen molar-refractivity contribution < 1.29 is 42.2 Å². The molecule has 8 atom stereocenters. The van der Waals surface area contributed by atoms with Gasteiger partial charge in [-0.2, -0.15) is 0 Å². The van der Waals surface area contributed by atoms with Crippen molar-refractivity contribution in [2.45, 2.75) is 106 Å². The van der Waals surface area contributed by atoms with E-state index in [2.05, 4.69) is 44.9 Å². The molecule has 338 valence electrons. The summed E-state index contributed by atoms with van der Waals surface area (Å²) in [5, 5.41) is 5.53. The average Bonchev–Trinajstić information content (AvgIpc) is 3.90. The Morgan fingerprint density at radius 1 is 0.656 bits per heavy atom. The summed E-state index contributed by atoms with van der Waals surface area (Å²) < 4.78 is 43.4. The Hall–Kier alpha value is -5.84. The summed E-state index contributed by atoms with van der Waals surface area (Å²) in [4.78, 5) is 73.4. The Balaban J connectivity index is 0.802. The fraction of sp³-hybridized carbons (Fsp3) is 0.532. The van der Waals surface area contributed by atoms with E-state index in [1.807, 2.05) is 40.3 Å². The van der Waals surface area contributed by atoms with E-state index >= 15 is 0 Å². The number of rotatable bonds is 11. The first-order valence-electron chi connectivity index (χ1n) is 22.6. The van der Waals surface area contributed by atoms with Crippen molar-refractivity contribution in [1.82, 2.24) is 40.4 Å². The number of aromatic nitrogens is 4. The van der Waals surface area contributed by atoms with Crippen molar-refractivity contribution in [2.24, 2.45) is 23.7 Å². The van der Waals surface area contributed by atoms with E-state index in [1.165, 1.54) is 14.2 Å². The maximum Gasteiger partial charge on any atom is 0.407 e. The highest BCUT2D eigenvalue weighted by Gasteiger charge is 2.58. The third-order valence-corrected chi connectivity index (χ3v) is 14.7. The van der Waals surface area contributed by atoms with Gasteiger partial charge >= 0.3 is 12.2 Å². The highest BCUT2D eigenvalue weighted by atomic mass is 19.3. The third-order valence-electron chi connectivity index (χ3n) is 14.7. The first-order valence-corrected chi connectivity index (χ1v) is 22.6. The quantitative estimate of drug-likeness (QED) is 0.121. The number of methoxy groups -OCH3 is 2. The summed E-state index contributed by atoms with van der Waals surface area (Å²) in [7, 11) is 2.54. The number of carbonyl (C=O) groups excluding carboxylic acids is 4. The van der Waals surface area contributed by atoms with Gasteiger partial charge < -0.3 is 44.6 Å². The number of imidazole rings is 2. The van der Waals surface area contributed by atoms with Crippen molar-refractivity contribution in [3.05, 3.63) is 72.6 Å². The minimum Gasteiger partial charge on any atom is -0.453 e. The van der Waals surface area contributed by atoms with Crippen LogP contribution in [0.4, 0.5) is 18.4 Å². The number of halogens is 2. The zero-order valence-corrected chi connectivity index (χ0v) is 35.9. The molecule has 2 aromatic heterocycles. The average molecular weight is 881 g/mol. The topological polar surface area (TPSA) is 184 Å². The number of ether oxygens (including phenoxy) is 3. The zero-order valence-electron chi connectivity index (χ0n) is 35.9. The predicted molar refractivity (Wildman–Crippen MR) is 228 cm³/mol. The molecule has 6 aliphatic rings. The molecule has 3 aliphatic carbocycles. The lowest BCUT2D eigenvalue weighted by molar-refractivity contribution is -0.139. The van der Waals surface area contributed by atoms with Crippen LogP contribution in [-0.4, -0.2) is 111 Å². The van der Waals surface area contributed by atoms with E-state index in [0.717, 1.165) is 65.1 Å². The molecule has 0 unspecified atom stereocenters. The van der Waals surface area contributed by atoms with Crippen molar-refractivity contribution in [1.29, 1.82) is 0 Å². The molecule has 5 heterocycles. The molecule has 10 rings (SSSR count). The van der Waals surface area contributed by atoms with Crippen LogP contribution >= 0.6 is 0 Å². The van der Waals surface area contributed by atoms with E-state index in [4.69, 9.17) is 24.2 Å². The highest BCUT2D eigenvalue weighted by molar-refractivity contribution is 5.88. The minimum absolute atomic E-state index is 0.0244. The van der Waals surface area contributed by atoms with Gasteiger partial charge in [-0.1, -0.05) is 48.5 Å². The monoisotopic (exact) mass is 880 g/mol. The number of hydrogen-bond acceptors (Lipinski definition) is 9. The van der Waals surface area contributed by atoms with Gasteiger partial charge in [-0.15, -0.1) is 0 Å². The molecule has 0 radical (unpaired) electrons. The molecule has 3 aliphatic heterocycles. The molecule has 0 bridgehead atoms. The van der Waals surface area contributed by atoms with Gasteiger partial charge in [0.15, 0.2) is 0 Å². The van der Waals surface area contributed by atoms with Gasteiger partial charge in [0, 0.05) is 38.1 Å². The highest BCUT2D eigenvalue weighted by Crippen LogP contribution is 2.55. The van der Waals surface area contributed by atoms with Gasteiger partial charge in [-0.25, -0.2) is 28.3 Å². The van der Waals surface area contributed by atoms with Gasteiger partial charge in [-0.3, -0.25) is 9.59 Å². The van der Waals surface area contributed by atoms with Crippen molar-refractivity contribution >= 4 is 24.0 Å². The molecule has 17 heteroatoms. The summed E-state index contributed by atoms with van der Waals surface area (Å²) in [6.07, 6.45) is 6.62. The van der Waals surface area contributed by atoms with Crippen molar-refractivity contribution in [3.8, 4) is 33.6 Å². The molecule has 15 nitrogen and oxygen atoms in total. The number of H-pyrrole nitrogens is 2. The Morgan fingerprint density at radius 2 is 1.06 bits per heavy atom. The Bertz CT molecular complexity index is 2370. The lowest BCUT2D eigenvalue weighted by Gasteiger charge is -2.37. The Kier molecular flexibility index (Phi) is 11.2. The van der Waals surface area contributed by atoms with Crippen LogP contribution in [0.3, 0.4) is 0 Å². The second-order valence-electron chi connectivity index (χ2n) is 18.5. The SMILES string of the molecule is COC(=O)N[C@H](C(=O)N1[C@@H]2C[C@@H]2C[C@H]1c1ncc(-c2ccc(-c3ccc(-c4cnc([C@@H]5C[C@H]6C[C@H]6N5C(=O)[C@@H](NC(=O)OC)C5CCC(F)(F)CC5)[nH]4)cc3)cc2)[nH]1)C1CCOCC1. The summed E-state index contributed by atoms with van der Waals surface area (Å²) in [5.41, 5.74) is 5.59. The number of alkyl carbamates (subject to hydrolysis) is 2. The van der Waals surface area contributed by atoms with Crippen molar-refractivity contribution in [2.75, 3.05) is 27.4 Å². The van der Waals surface area contributed by atoms with Crippen LogP contribution in [0.15, 0.2) is 60.9 Å². The van der Waals surface area contributed by atoms with E-state index in [0.29, 0.717) is 43.7 Å². The van der Waals surface area contributed by atoms with Gasteiger partial charge in [0.1, 0.15) is 23.7 Å². The predicted octanol–water partition coefficient (Wildman–Crippen LogP) is 7.16. The number of fused-ring (bicyclic) bond motifs is 2. The maximum absolute atomic E-state index is 14.2. The second kappa shape index (κ2) is 16.9. The van der Waals surface area contributed by atoms with Crippen LogP contribution < -0.4 is 10.6 Å². The number of benzene rings is 2. The molecule has 4 N–H and O–H groups in total. The first kappa shape index (κ1) is 42.1. The molecule has 0 spiro atoms. The number of piperidine rings is 2. The minimum atomic E-state index is -2.76. The maximum atomic E-state index is 14.2. The molecular weight excluding hydrogens is 827 g/mol. The molecule has 6 fully saturated rings. The molecular formula is C47H54F2N8O7. The third kappa shape index (κ3) is 8.22. The van der Waals surface area contributed by atoms with Crippen LogP contribution in [0.1, 0.15) is 87.9 Å². The van der Waals surface area contributed by atoms with Gasteiger partial charge in [0.2, 0.25) is 17.7 Å². The summed E-state index contributed by atoms with van der Waals surface area (Å²) in [6, 6.07) is 14.4. The number of nitrogens with one attached hydrogen (secondary N) is 4. The van der Waals surface area contributed by atoms with Gasteiger partial charge in [-0.05, 0) is 97.3 Å². The van der Waals surface area contributed by atoms with Crippen LogP contribution in [0, 0.1) is 23.7 Å². The smallest absolute Gasteiger partial charge is 0.407 e. The number of carbonyl (C=O) groups is 4. The zero-order chi connectivity index (χ0) is 44.3. The summed E-state index contributed by atoms with van der Waals surface area (Å²) in [5.74, 6) is -1.44. The Morgan fingerprint density at radius 3 is 1.48 bits per heavy atom. The summed E-state index contributed by atoms with van der Waals surface area (Å²) >= 11 is 0. The van der Waals surface area contributed by atoms with Gasteiger partial charge in [0.25, 0.3) is 0 Å². The molecule has 3 saturated carbocycles. The lowest BCUT2D eigenvalue weighted by Crippen LogP contribution is -2.54. The van der Waals surface area contributed by atoms with Crippen LogP contribution in [0.2, 0.25) is 0 Å². The molecule has 4 aromatic rings. The summed E-state index contributed by atoms with van der Waals surface area (Å²) in [6.45, 7) is 1.11. The Labute approximate surface area is 369 Å². The van der Waals surface area contributed by atoms with E-state index in [-0.39, 0.29) is 67.6 Å². The number of nitrogens with zero attached hydrogens (tertiary/aromatic N) is 4. The number of likely N-dealkylation sites (tertiary alicyclic amines) is 2. The van der Waals surface area contributed by atoms with Gasteiger partial charge in [0.05, 0.1) is 50.1 Å². The number of amides is 4. The largest absolute Gasteiger partial charge is 0.453 e. The standard InChI is InChI=1S/C47H54F2N8O7/c1-62-45(60)54-39(29-11-15-47(48,49)16-12-29)43(58)56-35-19-31(35)21-37(56)41-50-23-33(52-41)27-7-3-25(4-8-27)26-5-9-28(10-6-26)34-24-51-42(53-34)38-22-32-20-36(32)57(38)44(59)40(55-46(61)63-2)30-13-17-64-18-14-30/h3-10,23-24,29-32,35-40H,11-22H2,1-2H3,(H,50,52)(H,51,53)(H,54,60)(H,55,61)/t31-,32-,35-,36-,37+,38+,39+,40+/m1/s1. The first-order chi connectivity index (χ1) is 31.0. The molecule has 3 saturated heterocycles.